The maximum Gasteiger partial charge on any atom is 0.472 e. The summed E-state index contributed by atoms with van der Waals surface area (Å²) in [5, 5.41) is 10.6. The summed E-state index contributed by atoms with van der Waals surface area (Å²) in [6.07, 6.45) is 77.9. The van der Waals surface area contributed by atoms with Gasteiger partial charge in [0.25, 0.3) is 0 Å². The van der Waals surface area contributed by atoms with Crippen molar-refractivity contribution < 1.29 is 80.2 Å². The van der Waals surface area contributed by atoms with Crippen LogP contribution in [-0.4, -0.2) is 96.7 Å². The molecule has 19 heteroatoms. The molecule has 0 aliphatic heterocycles. The number of aliphatic hydroxyl groups excluding tert-OH is 1. The molecule has 0 aliphatic carbocycles. The van der Waals surface area contributed by atoms with Gasteiger partial charge in [-0.25, -0.2) is 9.13 Å². The van der Waals surface area contributed by atoms with E-state index in [0.29, 0.717) is 25.7 Å². The molecule has 0 rings (SSSR count). The quantitative estimate of drug-likeness (QED) is 0.0169. The third-order valence-corrected chi connectivity index (χ3v) is 18.1. The molecule has 0 aliphatic rings. The Kier molecular flexibility index (Phi) is 69.9. The predicted molar refractivity (Wildman–Crippen MR) is 408 cm³/mol. The van der Waals surface area contributed by atoms with Crippen LogP contribution >= 0.6 is 15.6 Å². The zero-order valence-electron chi connectivity index (χ0n) is 62.8. The van der Waals surface area contributed by atoms with Crippen molar-refractivity contribution in [1.29, 1.82) is 0 Å². The molecule has 0 aromatic rings. The van der Waals surface area contributed by atoms with E-state index in [1.165, 1.54) is 64.2 Å². The number of carbonyl (C=O) groups excluding carboxylic acids is 4. The van der Waals surface area contributed by atoms with Crippen LogP contribution in [-0.2, 0) is 65.4 Å². The minimum absolute atomic E-state index is 0.0758. The predicted octanol–water partition coefficient (Wildman–Crippen LogP) is 22.6. The average molecular weight is 1450 g/mol. The van der Waals surface area contributed by atoms with E-state index in [-0.39, 0.29) is 25.7 Å². The van der Waals surface area contributed by atoms with Crippen LogP contribution in [0.5, 0.6) is 0 Å². The second-order valence-corrected chi connectivity index (χ2v) is 28.8. The Balaban J connectivity index is 5.37. The highest BCUT2D eigenvalue weighted by molar-refractivity contribution is 7.47. The lowest BCUT2D eigenvalue weighted by Crippen LogP contribution is -2.30. The van der Waals surface area contributed by atoms with Crippen molar-refractivity contribution in [2.45, 2.75) is 341 Å². The van der Waals surface area contributed by atoms with Gasteiger partial charge in [-0.15, -0.1) is 0 Å². The first-order valence-corrected chi connectivity index (χ1v) is 42.1. The molecule has 5 unspecified atom stereocenters. The van der Waals surface area contributed by atoms with Crippen molar-refractivity contribution in [1.82, 2.24) is 0 Å². The van der Waals surface area contributed by atoms with Gasteiger partial charge >= 0.3 is 39.5 Å². The van der Waals surface area contributed by atoms with E-state index in [9.17, 15) is 43.2 Å². The van der Waals surface area contributed by atoms with Crippen molar-refractivity contribution in [2.75, 3.05) is 39.6 Å². The number of rotatable bonds is 73. The standard InChI is InChI=1S/C81H140O17P2/c1-5-9-13-17-21-25-29-33-35-36-37-38-40-44-46-50-54-58-62-66-79(84)92-72-77(98-81(86)68-64-60-56-52-48-42-32-28-24-20-16-12-8-4)74-96-100(89,90)94-70-75(82)69-93-99(87,88)95-73-76(97-80(85)67-63-59-55-51-47-41-31-27-23-19-15-11-7-3)71-91-78(83)65-61-57-53-49-45-43-39-34-30-26-22-18-14-10-6-2/h9,13,15,19,21,25,27-28,31-35,37-39,44,46,75-77,82H,5-8,10-12,14,16-18,20,22-24,26,29-30,36,40-43,45,47-74H2,1-4H3,(H,87,88)(H,89,90)/b13-9-,19-15-,25-21-,31-27-,32-28-,35-33-,38-37-,39-34-,46-44-. The van der Waals surface area contributed by atoms with Gasteiger partial charge in [-0.3, -0.25) is 37.3 Å². The highest BCUT2D eigenvalue weighted by atomic mass is 31.2. The van der Waals surface area contributed by atoms with Crippen molar-refractivity contribution in [2.24, 2.45) is 0 Å². The molecule has 0 radical (unpaired) electrons. The molecule has 576 valence electrons. The molecule has 0 fully saturated rings. The molecule has 3 N–H and O–H groups in total. The second-order valence-electron chi connectivity index (χ2n) is 25.9. The molecule has 5 atom stereocenters. The zero-order chi connectivity index (χ0) is 73.2. The monoisotopic (exact) mass is 1450 g/mol. The Morgan fingerprint density at radius 2 is 0.540 bits per heavy atom. The summed E-state index contributed by atoms with van der Waals surface area (Å²) in [6.45, 7) is 4.62. The van der Waals surface area contributed by atoms with E-state index >= 15 is 0 Å². The van der Waals surface area contributed by atoms with Gasteiger partial charge in [0.15, 0.2) is 12.2 Å². The van der Waals surface area contributed by atoms with Gasteiger partial charge < -0.3 is 33.8 Å². The molecule has 0 saturated carbocycles. The third-order valence-electron chi connectivity index (χ3n) is 16.2. The molecular weight excluding hydrogens is 1310 g/mol. The van der Waals surface area contributed by atoms with Gasteiger partial charge in [0, 0.05) is 25.7 Å². The topological polar surface area (TPSA) is 237 Å². The van der Waals surface area contributed by atoms with E-state index in [0.717, 1.165) is 180 Å². The molecule has 17 nitrogen and oxygen atoms in total. The van der Waals surface area contributed by atoms with Crippen LogP contribution in [0.1, 0.15) is 323 Å². The Morgan fingerprint density at radius 3 is 0.870 bits per heavy atom. The highest BCUT2D eigenvalue weighted by Crippen LogP contribution is 2.45. The van der Waals surface area contributed by atoms with Crippen LogP contribution in [0, 0.1) is 0 Å². The number of carbonyl (C=O) groups is 4. The Bertz CT molecular complexity index is 2320. The van der Waals surface area contributed by atoms with Crippen molar-refractivity contribution >= 4 is 39.5 Å². The van der Waals surface area contributed by atoms with Crippen LogP contribution < -0.4 is 0 Å². The van der Waals surface area contributed by atoms with Crippen molar-refractivity contribution in [3.8, 4) is 0 Å². The minimum atomic E-state index is -4.99. The lowest BCUT2D eigenvalue weighted by atomic mass is 10.1. The Hall–Kier alpha value is -4.28. The molecule has 0 spiro atoms. The number of allylic oxidation sites excluding steroid dienone is 18. The maximum absolute atomic E-state index is 13.1. The molecule has 0 bridgehead atoms. The van der Waals surface area contributed by atoms with E-state index in [2.05, 4.69) is 137 Å². The molecule has 0 aromatic heterocycles. The summed E-state index contributed by atoms with van der Waals surface area (Å²) >= 11 is 0. The van der Waals surface area contributed by atoms with Gasteiger partial charge in [0.2, 0.25) is 0 Å². The molecule has 0 heterocycles. The van der Waals surface area contributed by atoms with E-state index < -0.39 is 97.5 Å². The first-order valence-electron chi connectivity index (χ1n) is 39.1. The van der Waals surface area contributed by atoms with Gasteiger partial charge in [0.1, 0.15) is 19.3 Å². The summed E-state index contributed by atoms with van der Waals surface area (Å²) in [5.74, 6) is -2.24. The number of phosphoric acid groups is 2. The summed E-state index contributed by atoms with van der Waals surface area (Å²) in [7, 11) is -9.97. The molecule has 0 aromatic carbocycles. The smallest absolute Gasteiger partial charge is 0.462 e. The van der Waals surface area contributed by atoms with E-state index in [1.807, 2.05) is 0 Å². The molecule has 0 amide bonds. The second kappa shape index (κ2) is 73.0. The number of hydrogen-bond acceptors (Lipinski definition) is 15. The Morgan fingerprint density at radius 1 is 0.290 bits per heavy atom. The lowest BCUT2D eigenvalue weighted by Gasteiger charge is -2.21. The van der Waals surface area contributed by atoms with Gasteiger partial charge in [-0.1, -0.05) is 259 Å². The highest BCUT2D eigenvalue weighted by Gasteiger charge is 2.30. The van der Waals surface area contributed by atoms with Gasteiger partial charge in [-0.2, -0.15) is 0 Å². The van der Waals surface area contributed by atoms with Crippen LogP contribution in [0.15, 0.2) is 109 Å². The van der Waals surface area contributed by atoms with Gasteiger partial charge in [0.05, 0.1) is 26.4 Å². The largest absolute Gasteiger partial charge is 0.472 e. The SMILES string of the molecule is CC/C=C\C/C=C\C/C=C\C/C=C\C/C=C\CCCCCC(=O)OCC(COP(=O)(O)OCC(O)COP(=O)(O)OCC(COC(=O)CCCCCCC/C=C\CCCCCCCC)OC(=O)CCCCCCC/C=C\C/C=C\CCC)OC(=O)CCCCCCC/C=C\CCCCCC. The fourth-order valence-electron chi connectivity index (χ4n) is 10.2. The van der Waals surface area contributed by atoms with Crippen molar-refractivity contribution in [3.05, 3.63) is 109 Å². The maximum atomic E-state index is 13.1. The summed E-state index contributed by atoms with van der Waals surface area (Å²) < 4.78 is 68.5. The number of phosphoric ester groups is 2. The molecule has 100 heavy (non-hydrogen) atoms. The lowest BCUT2D eigenvalue weighted by molar-refractivity contribution is -0.161. The third kappa shape index (κ3) is 72.1. The Labute approximate surface area is 607 Å². The van der Waals surface area contributed by atoms with Crippen LogP contribution in [0.25, 0.3) is 0 Å². The summed E-state index contributed by atoms with van der Waals surface area (Å²) in [6, 6.07) is 0. The number of esters is 4. The number of ether oxygens (including phenoxy) is 4. The van der Waals surface area contributed by atoms with Crippen LogP contribution in [0.3, 0.4) is 0 Å². The van der Waals surface area contributed by atoms with E-state index in [1.54, 1.807) is 0 Å². The normalized spacial score (nSPS) is 14.5. The number of unbranched alkanes of at least 4 members (excludes halogenated alkanes) is 29. The van der Waals surface area contributed by atoms with E-state index in [4.69, 9.17) is 37.0 Å². The fourth-order valence-corrected chi connectivity index (χ4v) is 11.8. The van der Waals surface area contributed by atoms with Crippen molar-refractivity contribution in [3.63, 3.8) is 0 Å². The average Bonchev–Trinajstić information content (AvgIpc) is 0.935. The zero-order valence-corrected chi connectivity index (χ0v) is 64.6. The summed E-state index contributed by atoms with van der Waals surface area (Å²) in [4.78, 5) is 72.9. The number of hydrogen-bond donors (Lipinski definition) is 3. The molecule has 0 saturated heterocycles. The molecular formula is C81H140O17P2. The first kappa shape index (κ1) is 95.7. The minimum Gasteiger partial charge on any atom is -0.462 e. The van der Waals surface area contributed by atoms with Gasteiger partial charge in [-0.05, 0) is 148 Å². The first-order chi connectivity index (χ1) is 48.7. The fraction of sp³-hybridized carbons (Fsp3) is 0.728. The number of aliphatic hydroxyl groups is 1. The van der Waals surface area contributed by atoms with Crippen LogP contribution in [0.2, 0.25) is 0 Å². The van der Waals surface area contributed by atoms with Crippen LogP contribution in [0.4, 0.5) is 0 Å². The summed E-state index contributed by atoms with van der Waals surface area (Å²) in [5.41, 5.74) is 0.